The van der Waals surface area contributed by atoms with Gasteiger partial charge in [0, 0.05) is 61.7 Å². The molecule has 0 radical (unpaired) electrons. The summed E-state index contributed by atoms with van der Waals surface area (Å²) >= 11 is 13.5. The molecule has 8 rings (SSSR count). The molecule has 0 saturated heterocycles. The van der Waals surface area contributed by atoms with Crippen molar-refractivity contribution in [3.05, 3.63) is 127 Å². The predicted molar refractivity (Wildman–Crippen MR) is 201 cm³/mol. The molecule has 0 aliphatic heterocycles. The molecule has 0 amide bonds. The Hall–Kier alpha value is -0.997. The van der Waals surface area contributed by atoms with Crippen LogP contribution < -0.4 is 108 Å². The smallest absolute Gasteiger partial charge is 1.00 e. The van der Waals surface area contributed by atoms with Gasteiger partial charge in [0.05, 0.1) is 0 Å². The maximum Gasteiger partial charge on any atom is 1.00 e. The van der Waals surface area contributed by atoms with Gasteiger partial charge in [-0.15, -0.1) is 0 Å². The van der Waals surface area contributed by atoms with Crippen molar-refractivity contribution in [3.8, 4) is 33.8 Å². The molecule has 0 atom stereocenters. The molecule has 0 aliphatic carbocycles. The van der Waals surface area contributed by atoms with Crippen molar-refractivity contribution in [2.24, 2.45) is 0 Å². The monoisotopic (exact) mass is 1010 g/mol. The molecule has 2 N–H and O–H groups in total. The number of carbonyl (C=O) groups is 1. The molecule has 254 valence electrons. The Balaban J connectivity index is 0.000000247. The van der Waals surface area contributed by atoms with Crippen LogP contribution in [0.3, 0.4) is 0 Å². The summed E-state index contributed by atoms with van der Waals surface area (Å²) in [6.45, 7) is -0.181. The van der Waals surface area contributed by atoms with Crippen LogP contribution in [0.15, 0.2) is 124 Å². The van der Waals surface area contributed by atoms with E-state index in [0.717, 1.165) is 52.8 Å². The van der Waals surface area contributed by atoms with Gasteiger partial charge in [0.15, 0.2) is 22.8 Å². The molecule has 0 saturated carbocycles. The van der Waals surface area contributed by atoms with Gasteiger partial charge in [0.25, 0.3) is 6.47 Å². The van der Waals surface area contributed by atoms with E-state index in [1.54, 1.807) is 12.1 Å². The van der Waals surface area contributed by atoms with Crippen molar-refractivity contribution in [1.82, 2.24) is 0 Å². The number of phenols is 2. The van der Waals surface area contributed by atoms with Gasteiger partial charge in [-0.05, 0) is 84.9 Å². The average molecular weight is 1010 g/mol. The normalized spacial score (nSPS) is 10.5. The molecule has 2 heterocycles. The van der Waals surface area contributed by atoms with Crippen molar-refractivity contribution >= 4 is 114 Å². The molecular formula is C37H20Br4F2K2O7. The minimum absolute atomic E-state index is 0. The standard InChI is InChI=1S/C18H10Br2F2O2.C18H8Br2O2.CH2O3.2K.H/c19-9-1-5-15(23)13(7-9)11-3-4-12(18(22)17(11)21)14-8-10(20)2-6-16(14)24;19-9-1-5-15-13(7-9)11-3-4-12-14-8-10(20)2-6-16(14)22-18(12)17(11)21-15;2-1-4-3;;;/h1-8,23-24H;1-8H;1,3H;;;/q;;;2*+1;-1/p-1. The molecule has 0 aliphatic rings. The maximum absolute atomic E-state index is 14.6. The second kappa shape index (κ2) is 19.2. The first-order valence-corrected chi connectivity index (χ1v) is 17.5. The van der Waals surface area contributed by atoms with Crippen LogP contribution in [0.1, 0.15) is 1.43 Å². The third-order valence-corrected chi connectivity index (χ3v) is 9.59. The zero-order chi connectivity index (χ0) is 35.7. The summed E-state index contributed by atoms with van der Waals surface area (Å²) in [7, 11) is 0. The van der Waals surface area contributed by atoms with Gasteiger partial charge in [0.1, 0.15) is 22.7 Å². The Morgan fingerprint density at radius 2 is 0.904 bits per heavy atom. The summed E-state index contributed by atoms with van der Waals surface area (Å²) in [5, 5.41) is 32.6. The summed E-state index contributed by atoms with van der Waals surface area (Å²) in [5.74, 6) is -2.51. The number of hydrogen-bond acceptors (Lipinski definition) is 7. The Kier molecular flexibility index (Phi) is 16.2. The van der Waals surface area contributed by atoms with Crippen LogP contribution in [0, 0.1) is 11.6 Å². The minimum Gasteiger partial charge on any atom is -1.00 e. The molecule has 8 aromatic rings. The van der Waals surface area contributed by atoms with Gasteiger partial charge < -0.3 is 30.6 Å². The second-order valence-electron chi connectivity index (χ2n) is 10.6. The summed E-state index contributed by atoms with van der Waals surface area (Å²) in [4.78, 5) is 11.2. The minimum atomic E-state index is -1.10. The quantitative estimate of drug-likeness (QED) is 0.0996. The van der Waals surface area contributed by atoms with E-state index in [1.165, 1.54) is 36.4 Å². The van der Waals surface area contributed by atoms with Gasteiger partial charge in [-0.2, -0.15) is 0 Å². The average Bonchev–Trinajstić information content (AvgIpc) is 3.66. The molecular weight excluding hydrogens is 992 g/mol. The van der Waals surface area contributed by atoms with E-state index in [2.05, 4.69) is 92.9 Å². The third kappa shape index (κ3) is 9.33. The molecule has 15 heteroatoms. The number of phenolic OH excluding ortho intramolecular Hbond substituents is 2. The van der Waals surface area contributed by atoms with Crippen LogP contribution in [-0.2, 0) is 9.68 Å². The number of furan rings is 2. The Morgan fingerprint density at radius 3 is 1.27 bits per heavy atom. The van der Waals surface area contributed by atoms with E-state index >= 15 is 0 Å². The molecule has 0 spiro atoms. The number of carbonyl (C=O) groups excluding carboxylic acids is 1. The van der Waals surface area contributed by atoms with Crippen LogP contribution in [0.2, 0.25) is 0 Å². The Morgan fingerprint density at radius 1 is 0.558 bits per heavy atom. The summed E-state index contributed by atoms with van der Waals surface area (Å²) < 4.78 is 44.6. The van der Waals surface area contributed by atoms with Crippen LogP contribution >= 0.6 is 63.7 Å². The first-order valence-electron chi connectivity index (χ1n) is 14.3. The number of hydrogen-bond donors (Lipinski definition) is 2. The SMILES string of the molecule is Brc1ccc2oc3c(ccc4c5cc(Br)ccc5oc43)c2c1.O=CO[O-].Oc1ccc(Br)cc1-c1ccc(-c2cc(Br)ccc2O)c(F)c1F.[H-].[K+].[K+]. The first-order chi connectivity index (χ1) is 24.0. The van der Waals surface area contributed by atoms with Crippen LogP contribution in [0.4, 0.5) is 8.78 Å². The molecule has 52 heavy (non-hydrogen) atoms. The fourth-order valence-corrected chi connectivity index (χ4v) is 6.87. The van der Waals surface area contributed by atoms with Crippen molar-refractivity contribution in [2.45, 2.75) is 0 Å². The zero-order valence-electron chi connectivity index (χ0n) is 28.0. The van der Waals surface area contributed by atoms with E-state index in [4.69, 9.17) is 18.9 Å². The molecule has 0 fully saturated rings. The van der Waals surface area contributed by atoms with Gasteiger partial charge in [-0.25, -0.2) is 8.78 Å². The second-order valence-corrected chi connectivity index (χ2v) is 14.3. The zero-order valence-corrected chi connectivity index (χ0v) is 39.6. The van der Waals surface area contributed by atoms with E-state index in [9.17, 15) is 19.0 Å². The number of rotatable bonds is 3. The summed E-state index contributed by atoms with van der Waals surface area (Å²) in [6, 6.07) is 28.0. The summed E-state index contributed by atoms with van der Waals surface area (Å²) in [5.41, 5.74) is 3.56. The van der Waals surface area contributed by atoms with Crippen LogP contribution in [0.25, 0.3) is 66.1 Å². The number of aromatic hydroxyl groups is 2. The number of halogens is 6. The van der Waals surface area contributed by atoms with E-state index in [1.807, 2.05) is 24.3 Å². The van der Waals surface area contributed by atoms with Gasteiger partial charge in [-0.3, -0.25) is 4.79 Å². The van der Waals surface area contributed by atoms with Crippen LogP contribution in [0.5, 0.6) is 11.5 Å². The predicted octanol–water partition coefficient (Wildman–Crippen LogP) is 5.80. The van der Waals surface area contributed by atoms with Crippen molar-refractivity contribution in [3.63, 3.8) is 0 Å². The van der Waals surface area contributed by atoms with E-state index in [-0.39, 0.29) is 144 Å². The van der Waals surface area contributed by atoms with Crippen molar-refractivity contribution in [2.75, 3.05) is 0 Å². The molecule has 0 unspecified atom stereocenters. The third-order valence-electron chi connectivity index (χ3n) is 7.62. The van der Waals surface area contributed by atoms with Gasteiger partial charge in [0.2, 0.25) is 0 Å². The van der Waals surface area contributed by atoms with E-state index < -0.39 is 11.6 Å². The number of fused-ring (bicyclic) bond motifs is 7. The topological polar surface area (TPSA) is 116 Å². The molecule has 7 nitrogen and oxygen atoms in total. The fourth-order valence-electron chi connectivity index (χ4n) is 5.43. The molecule has 6 aromatic carbocycles. The van der Waals surface area contributed by atoms with Crippen LogP contribution in [-0.4, -0.2) is 16.7 Å². The first kappa shape index (κ1) is 43.7. The summed E-state index contributed by atoms with van der Waals surface area (Å²) in [6.07, 6.45) is 0. The maximum atomic E-state index is 14.6. The number of benzene rings is 6. The van der Waals surface area contributed by atoms with Crippen molar-refractivity contribution in [1.29, 1.82) is 0 Å². The largest absolute Gasteiger partial charge is 1.00 e. The Bertz CT molecular complexity index is 2410. The molecule has 0 bridgehead atoms. The van der Waals surface area contributed by atoms with Crippen molar-refractivity contribution < 1.29 is 147 Å². The van der Waals surface area contributed by atoms with Gasteiger partial charge >= 0.3 is 103 Å². The fraction of sp³-hybridized carbons (Fsp3) is 0. The molecule has 2 aromatic heterocycles. The Labute approximate surface area is 414 Å². The van der Waals surface area contributed by atoms with E-state index in [0.29, 0.717) is 8.95 Å². The van der Waals surface area contributed by atoms with Gasteiger partial charge in [-0.1, -0.05) is 75.9 Å².